The fourth-order valence-electron chi connectivity index (χ4n) is 3.41. The van der Waals surface area contributed by atoms with E-state index in [2.05, 4.69) is 25.7 Å². The molecule has 1 amide bonds. The first-order valence-corrected chi connectivity index (χ1v) is 11.5. The summed E-state index contributed by atoms with van der Waals surface area (Å²) in [6.07, 6.45) is -4.41. The van der Waals surface area contributed by atoms with Gasteiger partial charge < -0.3 is 5.32 Å². The van der Waals surface area contributed by atoms with Crippen molar-refractivity contribution < 1.29 is 18.0 Å². The van der Waals surface area contributed by atoms with Crippen molar-refractivity contribution in [3.8, 4) is 22.8 Å². The number of rotatable bonds is 4. The van der Waals surface area contributed by atoms with Crippen LogP contribution >= 0.6 is 23.4 Å². The van der Waals surface area contributed by atoms with Crippen LogP contribution in [0.3, 0.4) is 0 Å². The number of amides is 1. The lowest BCUT2D eigenvalue weighted by Crippen LogP contribution is -2.28. The third-order valence-corrected chi connectivity index (χ3v) is 6.33. The summed E-state index contributed by atoms with van der Waals surface area (Å²) in [5.74, 6) is 0.227. The topological polar surface area (TPSA) is 90.0 Å². The minimum Gasteiger partial charge on any atom is -0.321 e. The molecule has 0 spiro atoms. The highest BCUT2D eigenvalue weighted by molar-refractivity contribution is 8.00. The van der Waals surface area contributed by atoms with Gasteiger partial charge >= 0.3 is 6.18 Å². The van der Waals surface area contributed by atoms with Crippen molar-refractivity contribution in [3.05, 3.63) is 65.2 Å². The molecule has 2 aromatic carbocycles. The molecular weight excluding hydrogens is 503 g/mol. The van der Waals surface area contributed by atoms with E-state index in [0.29, 0.717) is 44.4 Å². The maximum atomic E-state index is 12.9. The van der Waals surface area contributed by atoms with Crippen molar-refractivity contribution >= 4 is 40.7 Å². The number of hydrogen-bond acceptors (Lipinski definition) is 6. The zero-order valence-corrected chi connectivity index (χ0v) is 19.5. The number of alkyl halides is 3. The number of fused-ring (bicyclic) bond motifs is 1. The van der Waals surface area contributed by atoms with Gasteiger partial charge in [0, 0.05) is 17.8 Å². The lowest BCUT2D eigenvalue weighted by molar-refractivity contribution is -0.137. The van der Waals surface area contributed by atoms with E-state index in [1.807, 2.05) is 0 Å². The number of hydrogen-bond donors (Lipinski definition) is 1. The summed E-state index contributed by atoms with van der Waals surface area (Å²) in [4.78, 5) is 12.7. The summed E-state index contributed by atoms with van der Waals surface area (Å²) in [6.45, 7) is 0. The molecule has 0 atom stereocenters. The fraction of sp³-hybridized carbons (Fsp3) is 0.136. The summed E-state index contributed by atoms with van der Waals surface area (Å²) in [5, 5.41) is 21.0. The maximum absolute atomic E-state index is 12.9. The quantitative estimate of drug-likeness (QED) is 0.413. The molecule has 13 heteroatoms. The minimum absolute atomic E-state index is 0.261. The molecule has 0 radical (unpaired) electrons. The Morgan fingerprint density at radius 1 is 1.09 bits per heavy atom. The summed E-state index contributed by atoms with van der Waals surface area (Å²) in [7, 11) is 1.67. The Balaban J connectivity index is 1.43. The number of carbonyl (C=O) groups excluding carboxylic acids is 1. The normalized spacial score (nSPS) is 13.3. The third kappa shape index (κ3) is 4.66. The van der Waals surface area contributed by atoms with Crippen molar-refractivity contribution in [1.29, 1.82) is 0 Å². The molecule has 0 aliphatic carbocycles. The number of halogens is 4. The first kappa shape index (κ1) is 23.1. The zero-order chi connectivity index (χ0) is 24.7. The first-order chi connectivity index (χ1) is 16.7. The van der Waals surface area contributed by atoms with E-state index in [-0.39, 0.29) is 11.6 Å². The Kier molecular flexibility index (Phi) is 5.85. The molecule has 4 aromatic rings. The molecule has 3 heterocycles. The number of anilines is 1. The van der Waals surface area contributed by atoms with Gasteiger partial charge in [-0.3, -0.25) is 9.48 Å². The van der Waals surface area contributed by atoms with Gasteiger partial charge in [-0.2, -0.15) is 28.0 Å². The number of nitrogens with zero attached hydrogens (tertiary/aromatic N) is 6. The predicted octanol–water partition coefficient (Wildman–Crippen LogP) is 4.97. The molecule has 8 nitrogen and oxygen atoms in total. The largest absolute Gasteiger partial charge is 0.416 e. The Hall–Kier alpha value is -3.64. The van der Waals surface area contributed by atoms with Crippen molar-refractivity contribution in [2.24, 2.45) is 12.1 Å². The average Bonchev–Trinajstić information content (AvgIpc) is 3.43. The second-order valence-electron chi connectivity index (χ2n) is 7.53. The van der Waals surface area contributed by atoms with Crippen molar-refractivity contribution in [2.45, 2.75) is 11.3 Å². The van der Waals surface area contributed by atoms with E-state index >= 15 is 0 Å². The molecule has 2 aromatic heterocycles. The van der Waals surface area contributed by atoms with Crippen LogP contribution in [0.25, 0.3) is 22.8 Å². The lowest BCUT2D eigenvalue weighted by atomic mass is 10.1. The van der Waals surface area contributed by atoms with E-state index in [0.717, 1.165) is 12.1 Å². The number of thioether (sulfide) groups is 1. The van der Waals surface area contributed by atoms with Gasteiger partial charge in [0.2, 0.25) is 11.0 Å². The summed E-state index contributed by atoms with van der Waals surface area (Å²) >= 11 is 7.18. The van der Waals surface area contributed by atoms with E-state index in [4.69, 9.17) is 11.6 Å². The SMILES string of the molecule is Cn1nc(-c2nnc3n2N=C(C(=O)Nc2ccc(Cl)cc2)CS3)cc1-c1ccc(C(F)(F)F)cc1. The van der Waals surface area contributed by atoms with Gasteiger partial charge in [0.15, 0.2) is 0 Å². The molecule has 1 N–H and O–H groups in total. The van der Waals surface area contributed by atoms with Crippen molar-refractivity contribution in [2.75, 3.05) is 11.1 Å². The van der Waals surface area contributed by atoms with Gasteiger partial charge in [0.1, 0.15) is 11.4 Å². The molecule has 0 saturated heterocycles. The second kappa shape index (κ2) is 8.86. The summed E-state index contributed by atoms with van der Waals surface area (Å²) in [5.41, 5.74) is 1.65. The van der Waals surface area contributed by atoms with Gasteiger partial charge in [-0.25, -0.2) is 0 Å². The maximum Gasteiger partial charge on any atom is 0.416 e. The number of aromatic nitrogens is 5. The molecule has 0 unspecified atom stereocenters. The molecule has 1 aliphatic heterocycles. The van der Waals surface area contributed by atoms with Crippen LogP contribution in [0.2, 0.25) is 5.02 Å². The van der Waals surface area contributed by atoms with Crippen LogP contribution in [0, 0.1) is 0 Å². The van der Waals surface area contributed by atoms with Gasteiger partial charge in [0.25, 0.3) is 5.91 Å². The smallest absolute Gasteiger partial charge is 0.321 e. The van der Waals surface area contributed by atoms with Crippen LogP contribution in [0.1, 0.15) is 5.56 Å². The van der Waals surface area contributed by atoms with E-state index in [1.165, 1.54) is 33.3 Å². The zero-order valence-electron chi connectivity index (χ0n) is 17.9. The second-order valence-corrected chi connectivity index (χ2v) is 8.91. The highest BCUT2D eigenvalue weighted by atomic mass is 35.5. The minimum atomic E-state index is -4.41. The third-order valence-electron chi connectivity index (χ3n) is 5.15. The van der Waals surface area contributed by atoms with Gasteiger partial charge in [0.05, 0.1) is 17.0 Å². The molecule has 5 rings (SSSR count). The van der Waals surface area contributed by atoms with Crippen molar-refractivity contribution in [1.82, 2.24) is 24.7 Å². The molecule has 178 valence electrons. The Bertz CT molecular complexity index is 1440. The highest BCUT2D eigenvalue weighted by Gasteiger charge is 2.30. The van der Waals surface area contributed by atoms with E-state index in [9.17, 15) is 18.0 Å². The number of carbonyl (C=O) groups is 1. The number of benzene rings is 2. The summed E-state index contributed by atoms with van der Waals surface area (Å²) < 4.78 is 41.7. The molecule has 1 aliphatic rings. The van der Waals surface area contributed by atoms with Crippen LogP contribution < -0.4 is 5.32 Å². The molecule has 0 saturated carbocycles. The molecular formula is C22H15ClF3N7OS. The Morgan fingerprint density at radius 2 is 1.80 bits per heavy atom. The number of aryl methyl sites for hydroxylation is 1. The van der Waals surface area contributed by atoms with Crippen molar-refractivity contribution in [3.63, 3.8) is 0 Å². The highest BCUT2D eigenvalue weighted by Crippen LogP contribution is 2.33. The van der Waals surface area contributed by atoms with E-state index in [1.54, 1.807) is 37.4 Å². The molecule has 35 heavy (non-hydrogen) atoms. The first-order valence-electron chi connectivity index (χ1n) is 10.1. The lowest BCUT2D eigenvalue weighted by Gasteiger charge is -2.13. The van der Waals surface area contributed by atoms with Gasteiger partial charge in [-0.15, -0.1) is 10.2 Å². The monoisotopic (exact) mass is 517 g/mol. The summed E-state index contributed by atoms with van der Waals surface area (Å²) in [6, 6.07) is 13.2. The Labute approximate surface area is 205 Å². The van der Waals surface area contributed by atoms with Crippen LogP contribution in [0.15, 0.2) is 64.9 Å². The van der Waals surface area contributed by atoms with Crippen LogP contribution in [0.5, 0.6) is 0 Å². The van der Waals surface area contributed by atoms with Gasteiger partial charge in [-0.1, -0.05) is 35.5 Å². The standard InChI is InChI=1S/C22H15ClF3N7OS/c1-32-18(12-2-4-13(5-3-12)22(24,25)26)10-16(30-32)19-28-29-21-33(19)31-17(11-35-21)20(34)27-15-8-6-14(23)7-9-15/h2-10H,11H2,1H3,(H,27,34). The predicted molar refractivity (Wildman–Crippen MR) is 126 cm³/mol. The van der Waals surface area contributed by atoms with E-state index < -0.39 is 11.7 Å². The average molecular weight is 518 g/mol. The number of nitrogens with one attached hydrogen (secondary N) is 1. The van der Waals surface area contributed by atoms with Crippen LogP contribution in [0.4, 0.5) is 18.9 Å². The molecule has 0 bridgehead atoms. The fourth-order valence-corrected chi connectivity index (χ4v) is 4.34. The Morgan fingerprint density at radius 3 is 2.49 bits per heavy atom. The molecule has 0 fully saturated rings. The van der Waals surface area contributed by atoms with Gasteiger partial charge in [-0.05, 0) is 48.0 Å². The van der Waals surface area contributed by atoms with Crippen LogP contribution in [-0.4, -0.2) is 42.0 Å². The van der Waals surface area contributed by atoms with Crippen LogP contribution in [-0.2, 0) is 18.0 Å².